The van der Waals surface area contributed by atoms with Crippen molar-refractivity contribution in [2.45, 2.75) is 13.8 Å². The standard InChI is InChI=1S/C10H16N2O/c1-8-3-4-9(2)10(7-8)12-5-6-13-11/h3-4,7,12H,5-6,11H2,1-2H3. The van der Waals surface area contributed by atoms with Crippen LogP contribution < -0.4 is 11.2 Å². The summed E-state index contributed by atoms with van der Waals surface area (Å²) in [6.45, 7) is 5.41. The summed E-state index contributed by atoms with van der Waals surface area (Å²) in [7, 11) is 0. The van der Waals surface area contributed by atoms with Gasteiger partial charge in [0.1, 0.15) is 0 Å². The maximum atomic E-state index is 4.92. The topological polar surface area (TPSA) is 47.3 Å². The van der Waals surface area contributed by atoms with Crippen LogP contribution in [0.5, 0.6) is 0 Å². The number of hydrogen-bond donors (Lipinski definition) is 2. The highest BCUT2D eigenvalue weighted by Crippen LogP contribution is 2.15. The quantitative estimate of drug-likeness (QED) is 0.546. The van der Waals surface area contributed by atoms with E-state index >= 15 is 0 Å². The van der Waals surface area contributed by atoms with Crippen LogP contribution in [0, 0.1) is 13.8 Å². The Labute approximate surface area is 78.8 Å². The Morgan fingerprint density at radius 1 is 1.38 bits per heavy atom. The first-order valence-corrected chi connectivity index (χ1v) is 4.37. The molecule has 0 aliphatic rings. The molecule has 0 heterocycles. The molecule has 3 heteroatoms. The van der Waals surface area contributed by atoms with Crippen molar-refractivity contribution in [2.24, 2.45) is 5.90 Å². The highest BCUT2D eigenvalue weighted by Gasteiger charge is 1.96. The Morgan fingerprint density at radius 3 is 2.85 bits per heavy atom. The maximum Gasteiger partial charge on any atom is 0.0851 e. The summed E-state index contributed by atoms with van der Waals surface area (Å²) >= 11 is 0. The second-order valence-electron chi connectivity index (χ2n) is 3.12. The third-order valence-electron chi connectivity index (χ3n) is 1.93. The van der Waals surface area contributed by atoms with Gasteiger partial charge in [0.05, 0.1) is 6.61 Å². The number of anilines is 1. The van der Waals surface area contributed by atoms with Gasteiger partial charge in [-0.05, 0) is 31.0 Å². The van der Waals surface area contributed by atoms with E-state index < -0.39 is 0 Å². The first kappa shape index (κ1) is 10.0. The number of aryl methyl sites for hydroxylation is 2. The molecule has 0 radical (unpaired) electrons. The van der Waals surface area contributed by atoms with Gasteiger partial charge in [-0.25, -0.2) is 5.90 Å². The average molecular weight is 180 g/mol. The van der Waals surface area contributed by atoms with Crippen molar-refractivity contribution < 1.29 is 4.84 Å². The van der Waals surface area contributed by atoms with E-state index in [4.69, 9.17) is 5.90 Å². The Bertz CT molecular complexity index is 274. The van der Waals surface area contributed by atoms with Crippen LogP contribution in [0.2, 0.25) is 0 Å². The summed E-state index contributed by atoms with van der Waals surface area (Å²) in [4.78, 5) is 4.47. The Kier molecular flexibility index (Phi) is 3.73. The lowest BCUT2D eigenvalue weighted by molar-refractivity contribution is 0.148. The van der Waals surface area contributed by atoms with Crippen LogP contribution in [-0.4, -0.2) is 13.2 Å². The Hall–Kier alpha value is -1.06. The van der Waals surface area contributed by atoms with Crippen LogP contribution in [0.1, 0.15) is 11.1 Å². The fourth-order valence-corrected chi connectivity index (χ4v) is 1.17. The molecule has 0 spiro atoms. The molecule has 13 heavy (non-hydrogen) atoms. The fourth-order valence-electron chi connectivity index (χ4n) is 1.17. The molecule has 0 aromatic heterocycles. The van der Waals surface area contributed by atoms with Crippen LogP contribution >= 0.6 is 0 Å². The zero-order chi connectivity index (χ0) is 9.68. The van der Waals surface area contributed by atoms with Gasteiger partial charge >= 0.3 is 0 Å². The average Bonchev–Trinajstić information content (AvgIpc) is 2.11. The minimum Gasteiger partial charge on any atom is -0.382 e. The predicted octanol–water partition coefficient (Wildman–Crippen LogP) is 1.61. The lowest BCUT2D eigenvalue weighted by Gasteiger charge is -2.09. The molecule has 72 valence electrons. The van der Waals surface area contributed by atoms with Crippen molar-refractivity contribution in [1.29, 1.82) is 0 Å². The molecule has 0 saturated carbocycles. The smallest absolute Gasteiger partial charge is 0.0851 e. The second kappa shape index (κ2) is 4.84. The van der Waals surface area contributed by atoms with Gasteiger partial charge in [0.2, 0.25) is 0 Å². The Morgan fingerprint density at radius 2 is 2.15 bits per heavy atom. The molecule has 1 aromatic carbocycles. The highest BCUT2D eigenvalue weighted by molar-refractivity contribution is 5.52. The summed E-state index contributed by atoms with van der Waals surface area (Å²) in [6, 6.07) is 6.31. The highest BCUT2D eigenvalue weighted by atomic mass is 16.6. The minimum absolute atomic E-state index is 0.521. The van der Waals surface area contributed by atoms with E-state index in [-0.39, 0.29) is 0 Å². The van der Waals surface area contributed by atoms with E-state index in [0.717, 1.165) is 12.2 Å². The zero-order valence-corrected chi connectivity index (χ0v) is 8.13. The van der Waals surface area contributed by atoms with E-state index in [1.165, 1.54) is 11.1 Å². The fraction of sp³-hybridized carbons (Fsp3) is 0.400. The van der Waals surface area contributed by atoms with Gasteiger partial charge in [-0.3, -0.25) is 0 Å². The lowest BCUT2D eigenvalue weighted by Crippen LogP contribution is -2.12. The lowest BCUT2D eigenvalue weighted by atomic mass is 10.1. The van der Waals surface area contributed by atoms with Gasteiger partial charge in [-0.1, -0.05) is 12.1 Å². The minimum atomic E-state index is 0.521. The molecule has 1 rings (SSSR count). The number of hydrogen-bond acceptors (Lipinski definition) is 3. The van der Waals surface area contributed by atoms with Crippen molar-refractivity contribution in [3.05, 3.63) is 29.3 Å². The summed E-state index contributed by atoms with van der Waals surface area (Å²) in [6.07, 6.45) is 0. The molecular weight excluding hydrogens is 164 g/mol. The molecule has 0 fully saturated rings. The van der Waals surface area contributed by atoms with E-state index in [1.54, 1.807) is 0 Å². The van der Waals surface area contributed by atoms with Gasteiger partial charge in [0.25, 0.3) is 0 Å². The number of benzene rings is 1. The molecule has 1 aromatic rings. The molecule has 0 saturated heterocycles. The molecule has 3 N–H and O–H groups in total. The molecule has 0 atom stereocenters. The second-order valence-corrected chi connectivity index (χ2v) is 3.12. The maximum absolute atomic E-state index is 4.92. The molecule has 0 bridgehead atoms. The zero-order valence-electron chi connectivity index (χ0n) is 8.13. The molecule has 0 aliphatic carbocycles. The van der Waals surface area contributed by atoms with Crippen molar-refractivity contribution in [3.63, 3.8) is 0 Å². The van der Waals surface area contributed by atoms with Gasteiger partial charge in [0, 0.05) is 12.2 Å². The Balaban J connectivity index is 2.59. The van der Waals surface area contributed by atoms with Crippen LogP contribution in [-0.2, 0) is 4.84 Å². The monoisotopic (exact) mass is 180 g/mol. The van der Waals surface area contributed by atoms with Gasteiger partial charge < -0.3 is 10.2 Å². The van der Waals surface area contributed by atoms with Crippen LogP contribution in [0.25, 0.3) is 0 Å². The largest absolute Gasteiger partial charge is 0.382 e. The first-order chi connectivity index (χ1) is 6.24. The number of nitrogens with one attached hydrogen (secondary N) is 1. The van der Waals surface area contributed by atoms with E-state index in [0.29, 0.717) is 6.61 Å². The first-order valence-electron chi connectivity index (χ1n) is 4.37. The SMILES string of the molecule is Cc1ccc(C)c(NCCON)c1. The number of rotatable bonds is 4. The van der Waals surface area contributed by atoms with E-state index in [9.17, 15) is 0 Å². The van der Waals surface area contributed by atoms with Gasteiger partial charge in [0.15, 0.2) is 0 Å². The summed E-state index contributed by atoms with van der Waals surface area (Å²) in [5.41, 5.74) is 3.64. The van der Waals surface area contributed by atoms with E-state index in [2.05, 4.69) is 42.2 Å². The predicted molar refractivity (Wildman–Crippen MR) is 54.5 cm³/mol. The molecular formula is C10H16N2O. The summed E-state index contributed by atoms with van der Waals surface area (Å²) < 4.78 is 0. The molecule has 0 aliphatic heterocycles. The summed E-state index contributed by atoms with van der Waals surface area (Å²) in [5.74, 6) is 4.92. The van der Waals surface area contributed by atoms with Crippen LogP contribution in [0.3, 0.4) is 0 Å². The van der Waals surface area contributed by atoms with Gasteiger partial charge in [-0.2, -0.15) is 0 Å². The van der Waals surface area contributed by atoms with Crippen molar-refractivity contribution in [2.75, 3.05) is 18.5 Å². The number of nitrogens with two attached hydrogens (primary N) is 1. The normalized spacial score (nSPS) is 10.1. The van der Waals surface area contributed by atoms with Crippen molar-refractivity contribution >= 4 is 5.69 Å². The van der Waals surface area contributed by atoms with Crippen LogP contribution in [0.4, 0.5) is 5.69 Å². The molecule has 3 nitrogen and oxygen atoms in total. The van der Waals surface area contributed by atoms with Gasteiger partial charge in [-0.15, -0.1) is 0 Å². The van der Waals surface area contributed by atoms with Crippen LogP contribution in [0.15, 0.2) is 18.2 Å². The third-order valence-corrected chi connectivity index (χ3v) is 1.93. The molecule has 0 amide bonds. The van der Waals surface area contributed by atoms with Crippen molar-refractivity contribution in [3.8, 4) is 0 Å². The summed E-state index contributed by atoms with van der Waals surface area (Å²) in [5, 5.41) is 3.25. The van der Waals surface area contributed by atoms with Crippen molar-refractivity contribution in [1.82, 2.24) is 0 Å². The van der Waals surface area contributed by atoms with E-state index in [1.807, 2.05) is 0 Å². The third kappa shape index (κ3) is 3.05. The molecule has 0 unspecified atom stereocenters.